The smallest absolute Gasteiger partial charge is 0.104 e. The number of benzene rings is 1. The quantitative estimate of drug-likeness (QED) is 0.804. The first-order valence-electron chi connectivity index (χ1n) is 7.89. The third-order valence-electron chi connectivity index (χ3n) is 4.71. The van der Waals surface area contributed by atoms with Gasteiger partial charge in [0.2, 0.25) is 0 Å². The van der Waals surface area contributed by atoms with Crippen LogP contribution < -0.4 is 5.19 Å². The number of pyridine rings is 1. The SMILES string of the molecule is C[Si](C)(c1ccccc1)C(c1cccnc1)N1CCCC1. The Kier molecular flexibility index (Phi) is 4.22. The molecule has 2 nitrogen and oxygen atoms in total. The minimum atomic E-state index is -1.63. The van der Waals surface area contributed by atoms with Crippen LogP contribution in [-0.4, -0.2) is 31.0 Å². The zero-order valence-corrected chi connectivity index (χ0v) is 14.0. The molecule has 1 unspecified atom stereocenters. The summed E-state index contributed by atoms with van der Waals surface area (Å²) in [5.41, 5.74) is 1.91. The average Bonchev–Trinajstić information content (AvgIpc) is 3.03. The zero-order valence-electron chi connectivity index (χ0n) is 13.0. The molecule has 110 valence electrons. The molecule has 0 amide bonds. The lowest BCUT2D eigenvalue weighted by atomic mass is 10.2. The molecule has 0 saturated carbocycles. The van der Waals surface area contributed by atoms with E-state index in [-0.39, 0.29) is 0 Å². The summed E-state index contributed by atoms with van der Waals surface area (Å²) < 4.78 is 0. The number of likely N-dealkylation sites (tertiary alicyclic amines) is 1. The van der Waals surface area contributed by atoms with E-state index < -0.39 is 8.07 Å². The normalized spacial score (nSPS) is 17.8. The molecular weight excluding hydrogens is 272 g/mol. The lowest BCUT2D eigenvalue weighted by Crippen LogP contribution is -2.53. The monoisotopic (exact) mass is 296 g/mol. The van der Waals surface area contributed by atoms with Gasteiger partial charge in [0.15, 0.2) is 0 Å². The highest BCUT2D eigenvalue weighted by molar-refractivity contribution is 6.90. The molecule has 1 aromatic carbocycles. The van der Waals surface area contributed by atoms with Crippen LogP contribution in [0.15, 0.2) is 54.9 Å². The Morgan fingerprint density at radius 3 is 2.33 bits per heavy atom. The van der Waals surface area contributed by atoms with Crippen LogP contribution in [0.5, 0.6) is 0 Å². The Labute approximate surface area is 128 Å². The van der Waals surface area contributed by atoms with E-state index in [0.29, 0.717) is 5.67 Å². The van der Waals surface area contributed by atoms with Gasteiger partial charge in [-0.2, -0.15) is 0 Å². The summed E-state index contributed by atoms with van der Waals surface area (Å²) in [6.45, 7) is 7.45. The van der Waals surface area contributed by atoms with E-state index in [9.17, 15) is 0 Å². The third-order valence-corrected chi connectivity index (χ3v) is 8.59. The van der Waals surface area contributed by atoms with Gasteiger partial charge in [0.05, 0.1) is 0 Å². The van der Waals surface area contributed by atoms with Crippen molar-refractivity contribution >= 4 is 13.3 Å². The second kappa shape index (κ2) is 6.12. The number of rotatable bonds is 4. The van der Waals surface area contributed by atoms with Crippen LogP contribution >= 0.6 is 0 Å². The van der Waals surface area contributed by atoms with Crippen LogP contribution in [0.25, 0.3) is 0 Å². The highest BCUT2D eigenvalue weighted by Crippen LogP contribution is 2.32. The number of hydrogen-bond acceptors (Lipinski definition) is 2. The second-order valence-corrected chi connectivity index (χ2v) is 11.1. The van der Waals surface area contributed by atoms with Gasteiger partial charge in [-0.25, -0.2) is 0 Å². The minimum absolute atomic E-state index is 0.524. The molecule has 1 aliphatic heterocycles. The van der Waals surface area contributed by atoms with Gasteiger partial charge in [0.25, 0.3) is 0 Å². The van der Waals surface area contributed by atoms with Crippen LogP contribution in [0, 0.1) is 0 Å². The average molecular weight is 296 g/mol. The number of aromatic nitrogens is 1. The van der Waals surface area contributed by atoms with E-state index in [1.54, 1.807) is 0 Å². The molecule has 0 aliphatic carbocycles. The Morgan fingerprint density at radius 2 is 1.71 bits per heavy atom. The lowest BCUT2D eigenvalue weighted by Gasteiger charge is -2.39. The maximum Gasteiger partial charge on any atom is 0.104 e. The number of nitrogens with zero attached hydrogens (tertiary/aromatic N) is 2. The second-order valence-electron chi connectivity index (χ2n) is 6.52. The van der Waals surface area contributed by atoms with Crippen molar-refractivity contribution in [3.8, 4) is 0 Å². The van der Waals surface area contributed by atoms with Gasteiger partial charge < -0.3 is 0 Å². The molecule has 1 fully saturated rings. The molecule has 1 aromatic heterocycles. The Bertz CT molecular complexity index is 562. The summed E-state index contributed by atoms with van der Waals surface area (Å²) in [7, 11) is -1.63. The first kappa shape index (κ1) is 14.5. The van der Waals surface area contributed by atoms with E-state index in [1.807, 2.05) is 6.20 Å². The first-order chi connectivity index (χ1) is 10.2. The van der Waals surface area contributed by atoms with Gasteiger partial charge in [0.1, 0.15) is 8.07 Å². The summed E-state index contributed by atoms with van der Waals surface area (Å²) in [5.74, 6) is 0. The molecule has 1 saturated heterocycles. The van der Waals surface area contributed by atoms with E-state index in [2.05, 4.69) is 71.6 Å². The minimum Gasteiger partial charge on any atom is -0.298 e. The summed E-state index contributed by atoms with van der Waals surface area (Å²) in [6.07, 6.45) is 6.61. The van der Waals surface area contributed by atoms with Gasteiger partial charge >= 0.3 is 0 Å². The standard InChI is InChI=1S/C18H24N2Si/c1-21(2,17-10-4-3-5-11-17)18(20-13-6-7-14-20)16-9-8-12-19-15-16/h3-5,8-12,15,18H,6-7,13-14H2,1-2H3. The maximum atomic E-state index is 4.38. The van der Waals surface area contributed by atoms with Crippen molar-refractivity contribution in [3.63, 3.8) is 0 Å². The van der Waals surface area contributed by atoms with Gasteiger partial charge in [-0.3, -0.25) is 9.88 Å². The fourth-order valence-corrected chi connectivity index (χ4v) is 7.19. The first-order valence-corrected chi connectivity index (χ1v) is 11.0. The zero-order chi connectivity index (χ0) is 14.7. The largest absolute Gasteiger partial charge is 0.298 e. The van der Waals surface area contributed by atoms with E-state index in [1.165, 1.54) is 36.7 Å². The van der Waals surface area contributed by atoms with Crippen LogP contribution in [0.4, 0.5) is 0 Å². The van der Waals surface area contributed by atoms with E-state index >= 15 is 0 Å². The third kappa shape index (κ3) is 2.94. The Balaban J connectivity index is 2.02. The summed E-state index contributed by atoms with van der Waals surface area (Å²) in [4.78, 5) is 7.07. The van der Waals surface area contributed by atoms with E-state index in [4.69, 9.17) is 0 Å². The predicted molar refractivity (Wildman–Crippen MR) is 91.3 cm³/mol. The Morgan fingerprint density at radius 1 is 1.00 bits per heavy atom. The molecule has 3 rings (SSSR count). The molecule has 21 heavy (non-hydrogen) atoms. The van der Waals surface area contributed by atoms with Crippen molar-refractivity contribution in [2.45, 2.75) is 31.6 Å². The van der Waals surface area contributed by atoms with Gasteiger partial charge in [-0.15, -0.1) is 0 Å². The van der Waals surface area contributed by atoms with Crippen LogP contribution in [0.1, 0.15) is 24.1 Å². The van der Waals surface area contributed by atoms with Crippen LogP contribution in [0.3, 0.4) is 0 Å². The van der Waals surface area contributed by atoms with Crippen LogP contribution in [0.2, 0.25) is 13.1 Å². The van der Waals surface area contributed by atoms with Gasteiger partial charge in [0, 0.05) is 18.1 Å². The highest BCUT2D eigenvalue weighted by atomic mass is 28.3. The van der Waals surface area contributed by atoms with Crippen molar-refractivity contribution in [2.75, 3.05) is 13.1 Å². The highest BCUT2D eigenvalue weighted by Gasteiger charge is 2.39. The number of hydrogen-bond donors (Lipinski definition) is 0. The van der Waals surface area contributed by atoms with Crippen molar-refractivity contribution in [1.29, 1.82) is 0 Å². The van der Waals surface area contributed by atoms with Crippen molar-refractivity contribution in [2.24, 2.45) is 0 Å². The topological polar surface area (TPSA) is 16.1 Å². The molecule has 0 N–H and O–H groups in total. The molecule has 3 heteroatoms. The summed E-state index contributed by atoms with van der Waals surface area (Å²) in [6, 6.07) is 15.4. The molecule has 0 bridgehead atoms. The molecule has 1 atom stereocenters. The predicted octanol–water partition coefficient (Wildman–Crippen LogP) is 3.37. The van der Waals surface area contributed by atoms with Crippen molar-refractivity contribution in [3.05, 3.63) is 60.4 Å². The molecule has 2 aromatic rings. The van der Waals surface area contributed by atoms with Gasteiger partial charge in [-0.1, -0.05) is 54.7 Å². The summed E-state index contributed by atoms with van der Waals surface area (Å²) in [5, 5.41) is 1.53. The molecule has 2 heterocycles. The van der Waals surface area contributed by atoms with Crippen molar-refractivity contribution < 1.29 is 0 Å². The van der Waals surface area contributed by atoms with Gasteiger partial charge in [-0.05, 0) is 37.6 Å². The summed E-state index contributed by atoms with van der Waals surface area (Å²) >= 11 is 0. The lowest BCUT2D eigenvalue weighted by molar-refractivity contribution is 0.306. The molecule has 0 radical (unpaired) electrons. The van der Waals surface area contributed by atoms with Crippen molar-refractivity contribution in [1.82, 2.24) is 9.88 Å². The fraction of sp³-hybridized carbons (Fsp3) is 0.389. The Hall–Kier alpha value is -1.45. The van der Waals surface area contributed by atoms with Crippen LogP contribution in [-0.2, 0) is 0 Å². The maximum absolute atomic E-state index is 4.38. The molecule has 1 aliphatic rings. The van der Waals surface area contributed by atoms with E-state index in [0.717, 1.165) is 0 Å². The molecule has 0 spiro atoms. The fourth-order valence-electron chi connectivity index (χ4n) is 3.65. The molecular formula is C18H24N2Si.